The highest BCUT2D eigenvalue weighted by atomic mass is 32.1. The average Bonchev–Trinajstić information content (AvgIpc) is 3.13. The average molecular weight is 354 g/mol. The van der Waals surface area contributed by atoms with Crippen LogP contribution in [0.3, 0.4) is 0 Å². The molecule has 3 atom stereocenters. The van der Waals surface area contributed by atoms with E-state index in [4.69, 9.17) is 9.84 Å². The van der Waals surface area contributed by atoms with E-state index in [1.165, 1.54) is 18.2 Å². The molecule has 1 saturated heterocycles. The van der Waals surface area contributed by atoms with Crippen molar-refractivity contribution < 1.29 is 24.1 Å². The Balaban J connectivity index is 1.59. The molecule has 4 N–H and O–H groups in total. The first-order valence-corrected chi connectivity index (χ1v) is 7.98. The topological polar surface area (TPSA) is 117 Å². The molecule has 0 saturated carbocycles. The minimum absolute atomic E-state index is 0.240. The van der Waals surface area contributed by atoms with Crippen LogP contribution in [0.15, 0.2) is 24.3 Å². The van der Waals surface area contributed by atoms with Crippen molar-refractivity contribution >= 4 is 28.2 Å². The molecule has 8 nitrogen and oxygen atoms in total. The summed E-state index contributed by atoms with van der Waals surface area (Å²) < 4.78 is 18.5. The molecule has 0 bridgehead atoms. The molecule has 0 aliphatic carbocycles. The SMILES string of the molecule is O=C(Nc1cccc(F)c1)Nc1nnc([C@@H]2C[C@H](O)[C@@H](CO)O2)s1. The quantitative estimate of drug-likeness (QED) is 0.661. The first kappa shape index (κ1) is 16.7. The number of amides is 2. The van der Waals surface area contributed by atoms with Crippen LogP contribution < -0.4 is 10.6 Å². The highest BCUT2D eigenvalue weighted by molar-refractivity contribution is 7.15. The number of aromatic nitrogens is 2. The van der Waals surface area contributed by atoms with Gasteiger partial charge in [0.05, 0.1) is 12.7 Å². The van der Waals surface area contributed by atoms with Crippen LogP contribution in [0.2, 0.25) is 0 Å². The Morgan fingerprint density at radius 1 is 1.42 bits per heavy atom. The molecule has 1 aliphatic rings. The van der Waals surface area contributed by atoms with Crippen LogP contribution in [-0.2, 0) is 4.74 Å². The fraction of sp³-hybridized carbons (Fsp3) is 0.357. The van der Waals surface area contributed by atoms with Crippen molar-refractivity contribution in [3.8, 4) is 0 Å². The van der Waals surface area contributed by atoms with Gasteiger partial charge in [-0.15, -0.1) is 10.2 Å². The molecule has 0 spiro atoms. The van der Waals surface area contributed by atoms with E-state index in [0.717, 1.165) is 11.3 Å². The minimum atomic E-state index is -0.767. The van der Waals surface area contributed by atoms with Crippen LogP contribution in [0.4, 0.5) is 20.0 Å². The number of urea groups is 1. The molecule has 1 fully saturated rings. The number of aliphatic hydroxyl groups is 2. The van der Waals surface area contributed by atoms with Crippen LogP contribution in [0.5, 0.6) is 0 Å². The zero-order valence-electron chi connectivity index (χ0n) is 12.3. The third-order valence-corrected chi connectivity index (χ3v) is 4.35. The van der Waals surface area contributed by atoms with Gasteiger partial charge in [-0.1, -0.05) is 17.4 Å². The van der Waals surface area contributed by atoms with Crippen LogP contribution in [-0.4, -0.2) is 45.3 Å². The van der Waals surface area contributed by atoms with Gasteiger partial charge in [0, 0.05) is 12.1 Å². The molecule has 10 heteroatoms. The van der Waals surface area contributed by atoms with Crippen LogP contribution in [0.1, 0.15) is 17.5 Å². The molecule has 1 aromatic heterocycles. The summed E-state index contributed by atoms with van der Waals surface area (Å²) in [5.74, 6) is -0.457. The number of rotatable bonds is 4. The number of anilines is 2. The zero-order valence-corrected chi connectivity index (χ0v) is 13.2. The number of nitrogens with one attached hydrogen (secondary N) is 2. The summed E-state index contributed by atoms with van der Waals surface area (Å²) in [5, 5.41) is 32.3. The summed E-state index contributed by atoms with van der Waals surface area (Å²) in [6.45, 7) is -0.280. The lowest BCUT2D eigenvalue weighted by Gasteiger charge is -2.09. The van der Waals surface area contributed by atoms with Crippen molar-refractivity contribution in [2.45, 2.75) is 24.7 Å². The number of carbonyl (C=O) groups is 1. The maximum atomic E-state index is 13.1. The standard InChI is InChI=1S/C14H15FN4O4S/c15-7-2-1-3-8(4-7)16-13(22)17-14-19-18-12(24-14)10-5-9(21)11(6-20)23-10/h1-4,9-11,20-21H,5-6H2,(H2,16,17,19,22)/t9-,10-,11+/m0/s1. The Hall–Kier alpha value is -2.14. The Morgan fingerprint density at radius 2 is 2.25 bits per heavy atom. The third-order valence-electron chi connectivity index (χ3n) is 3.42. The Morgan fingerprint density at radius 3 is 2.96 bits per heavy atom. The van der Waals surface area contributed by atoms with Gasteiger partial charge in [-0.2, -0.15) is 0 Å². The molecular formula is C14H15FN4O4S. The lowest BCUT2D eigenvalue weighted by Crippen LogP contribution is -2.24. The van der Waals surface area contributed by atoms with E-state index in [9.17, 15) is 14.3 Å². The Bertz CT molecular complexity index is 728. The molecule has 24 heavy (non-hydrogen) atoms. The van der Waals surface area contributed by atoms with Gasteiger partial charge < -0.3 is 20.3 Å². The summed E-state index contributed by atoms with van der Waals surface area (Å²) in [6, 6.07) is 4.92. The summed E-state index contributed by atoms with van der Waals surface area (Å²) in [6.07, 6.45) is -1.59. The van der Waals surface area contributed by atoms with Crippen molar-refractivity contribution in [3.63, 3.8) is 0 Å². The van der Waals surface area contributed by atoms with Crippen LogP contribution in [0, 0.1) is 5.82 Å². The molecule has 1 aliphatic heterocycles. The van der Waals surface area contributed by atoms with Crippen molar-refractivity contribution in [2.24, 2.45) is 0 Å². The van der Waals surface area contributed by atoms with E-state index in [1.54, 1.807) is 6.07 Å². The second-order valence-corrected chi connectivity index (χ2v) is 6.19. The van der Waals surface area contributed by atoms with Gasteiger partial charge in [0.15, 0.2) is 0 Å². The molecule has 1 aromatic carbocycles. The van der Waals surface area contributed by atoms with Gasteiger partial charge in [0.1, 0.15) is 23.0 Å². The van der Waals surface area contributed by atoms with Gasteiger partial charge in [0.2, 0.25) is 5.13 Å². The van der Waals surface area contributed by atoms with Gasteiger partial charge in [0.25, 0.3) is 0 Å². The van der Waals surface area contributed by atoms with Crippen molar-refractivity contribution in [3.05, 3.63) is 35.1 Å². The second kappa shape index (κ2) is 7.18. The van der Waals surface area contributed by atoms with E-state index in [-0.39, 0.29) is 11.7 Å². The summed E-state index contributed by atoms with van der Waals surface area (Å²) in [4.78, 5) is 11.9. The predicted molar refractivity (Wildman–Crippen MR) is 84.3 cm³/mol. The number of hydrogen-bond acceptors (Lipinski definition) is 7. The normalized spacial score (nSPS) is 23.2. The molecule has 2 amide bonds. The smallest absolute Gasteiger partial charge is 0.325 e. The monoisotopic (exact) mass is 354 g/mol. The van der Waals surface area contributed by atoms with Crippen molar-refractivity contribution in [2.75, 3.05) is 17.2 Å². The first-order chi connectivity index (χ1) is 11.5. The maximum Gasteiger partial charge on any atom is 0.325 e. The van der Waals surface area contributed by atoms with Crippen molar-refractivity contribution in [1.82, 2.24) is 10.2 Å². The Kier molecular flexibility index (Phi) is 5.00. The largest absolute Gasteiger partial charge is 0.394 e. The molecule has 3 rings (SSSR count). The van der Waals surface area contributed by atoms with Crippen LogP contribution in [0.25, 0.3) is 0 Å². The van der Waals surface area contributed by atoms with Gasteiger partial charge in [-0.3, -0.25) is 5.32 Å². The van der Waals surface area contributed by atoms with Gasteiger partial charge in [-0.25, -0.2) is 9.18 Å². The fourth-order valence-corrected chi connectivity index (χ4v) is 3.08. The molecule has 0 unspecified atom stereocenters. The summed E-state index contributed by atoms with van der Waals surface area (Å²) in [7, 11) is 0. The lowest BCUT2D eigenvalue weighted by molar-refractivity contribution is -0.0227. The molecule has 128 valence electrons. The van der Waals surface area contributed by atoms with E-state index in [0.29, 0.717) is 17.1 Å². The number of aliphatic hydroxyl groups excluding tert-OH is 2. The second-order valence-electron chi connectivity index (χ2n) is 5.18. The summed E-state index contributed by atoms with van der Waals surface area (Å²) >= 11 is 1.10. The highest BCUT2D eigenvalue weighted by Gasteiger charge is 2.36. The van der Waals surface area contributed by atoms with E-state index < -0.39 is 30.2 Å². The first-order valence-electron chi connectivity index (χ1n) is 7.16. The van der Waals surface area contributed by atoms with E-state index in [1.807, 2.05) is 0 Å². The number of benzene rings is 1. The number of hydrogen-bond donors (Lipinski definition) is 4. The zero-order chi connectivity index (χ0) is 17.1. The molecule has 2 aromatic rings. The number of halogens is 1. The Labute approximate surface area is 140 Å². The maximum absolute atomic E-state index is 13.1. The molecular weight excluding hydrogens is 339 g/mol. The van der Waals surface area contributed by atoms with Gasteiger partial charge >= 0.3 is 6.03 Å². The van der Waals surface area contributed by atoms with Gasteiger partial charge in [-0.05, 0) is 18.2 Å². The van der Waals surface area contributed by atoms with Crippen molar-refractivity contribution in [1.29, 1.82) is 0 Å². The fourth-order valence-electron chi connectivity index (χ4n) is 2.29. The highest BCUT2D eigenvalue weighted by Crippen LogP contribution is 2.35. The van der Waals surface area contributed by atoms with E-state index in [2.05, 4.69) is 20.8 Å². The number of carbonyl (C=O) groups excluding carboxylic acids is 1. The predicted octanol–water partition coefficient (Wildman–Crippen LogP) is 1.50. The minimum Gasteiger partial charge on any atom is -0.394 e. The van der Waals surface area contributed by atoms with E-state index >= 15 is 0 Å². The molecule has 2 heterocycles. The molecule has 0 radical (unpaired) electrons. The number of ether oxygens (including phenoxy) is 1. The van der Waals surface area contributed by atoms with Crippen LogP contribution >= 0.6 is 11.3 Å². The summed E-state index contributed by atoms with van der Waals surface area (Å²) in [5.41, 5.74) is 0.310. The third kappa shape index (κ3) is 3.85. The lowest BCUT2D eigenvalue weighted by atomic mass is 10.1. The number of nitrogens with zero attached hydrogens (tertiary/aromatic N) is 2.